The number of hydrogen-bond donors (Lipinski definition) is 2. The van der Waals surface area contributed by atoms with Crippen molar-refractivity contribution in [1.29, 1.82) is 0 Å². The van der Waals surface area contributed by atoms with Gasteiger partial charge in [-0.25, -0.2) is 0 Å². The van der Waals surface area contributed by atoms with Gasteiger partial charge in [-0.05, 0) is 46.5 Å². The molecule has 0 radical (unpaired) electrons. The van der Waals surface area contributed by atoms with Crippen molar-refractivity contribution in [2.45, 2.75) is 31.3 Å². The molecule has 2 atom stereocenters. The zero-order chi connectivity index (χ0) is 20.1. The summed E-state index contributed by atoms with van der Waals surface area (Å²) >= 11 is 1.57. The van der Waals surface area contributed by atoms with E-state index in [0.29, 0.717) is 30.1 Å². The van der Waals surface area contributed by atoms with Crippen molar-refractivity contribution < 1.29 is 23.8 Å². The van der Waals surface area contributed by atoms with Crippen molar-refractivity contribution in [1.82, 2.24) is 10.6 Å². The van der Waals surface area contributed by atoms with E-state index in [9.17, 15) is 9.59 Å². The highest BCUT2D eigenvalue weighted by Gasteiger charge is 2.31. The van der Waals surface area contributed by atoms with Crippen LogP contribution in [-0.4, -0.2) is 39.2 Å². The number of thiophene rings is 1. The number of ether oxygens (including phenoxy) is 3. The van der Waals surface area contributed by atoms with E-state index < -0.39 is 0 Å². The maximum absolute atomic E-state index is 12.7. The van der Waals surface area contributed by atoms with E-state index in [2.05, 4.69) is 10.6 Å². The minimum atomic E-state index is -0.212. The van der Waals surface area contributed by atoms with Gasteiger partial charge in [0.25, 0.3) is 0 Å². The number of carbonyl (C=O) groups is 2. The summed E-state index contributed by atoms with van der Waals surface area (Å²) in [5.74, 6) is 1.38. The molecular weight excluding hydrogens is 380 g/mol. The van der Waals surface area contributed by atoms with E-state index in [1.54, 1.807) is 23.5 Å². The van der Waals surface area contributed by atoms with Gasteiger partial charge < -0.3 is 24.8 Å². The minimum absolute atomic E-state index is 0.00586. The molecule has 28 heavy (non-hydrogen) atoms. The molecule has 2 amide bonds. The van der Waals surface area contributed by atoms with Gasteiger partial charge in [0.05, 0.1) is 39.8 Å². The fraction of sp³-hybridized carbons (Fsp3) is 0.400. The minimum Gasteiger partial charge on any atom is -0.493 e. The Kier molecular flexibility index (Phi) is 6.41. The second-order valence-corrected chi connectivity index (χ2v) is 7.30. The number of piperidine rings is 1. The number of amides is 2. The van der Waals surface area contributed by atoms with Gasteiger partial charge in [-0.15, -0.1) is 0 Å². The number of benzene rings is 1. The van der Waals surface area contributed by atoms with Crippen molar-refractivity contribution in [3.63, 3.8) is 0 Å². The molecule has 8 heteroatoms. The third kappa shape index (κ3) is 4.39. The Hall–Kier alpha value is -2.74. The molecule has 0 aliphatic carbocycles. The van der Waals surface area contributed by atoms with Crippen LogP contribution in [0.5, 0.6) is 17.2 Å². The molecule has 1 saturated heterocycles. The van der Waals surface area contributed by atoms with E-state index in [-0.39, 0.29) is 30.3 Å². The SMILES string of the molecule is COc1cc(CC(=O)N[C@@H]2CCC(=O)N[C@H]2c2ccsc2)cc(OC)c1OC. The predicted molar refractivity (Wildman–Crippen MR) is 106 cm³/mol. The topological polar surface area (TPSA) is 85.9 Å². The first-order valence-corrected chi connectivity index (χ1v) is 9.89. The molecular formula is C20H24N2O5S. The summed E-state index contributed by atoms with van der Waals surface area (Å²) in [6, 6.07) is 5.14. The molecule has 1 fully saturated rings. The Bertz CT molecular complexity index is 812. The number of nitrogens with one attached hydrogen (secondary N) is 2. The summed E-state index contributed by atoms with van der Waals surface area (Å²) in [6.07, 6.45) is 1.17. The van der Waals surface area contributed by atoms with Crippen molar-refractivity contribution in [2.75, 3.05) is 21.3 Å². The Morgan fingerprint density at radius 1 is 1.21 bits per heavy atom. The molecule has 0 unspecified atom stereocenters. The second kappa shape index (κ2) is 8.97. The van der Waals surface area contributed by atoms with E-state index >= 15 is 0 Å². The summed E-state index contributed by atoms with van der Waals surface area (Å²) in [7, 11) is 4.61. The summed E-state index contributed by atoms with van der Waals surface area (Å²) in [6.45, 7) is 0. The smallest absolute Gasteiger partial charge is 0.224 e. The summed E-state index contributed by atoms with van der Waals surface area (Å²) in [5, 5.41) is 10.0. The van der Waals surface area contributed by atoms with Crippen molar-refractivity contribution in [3.05, 3.63) is 40.1 Å². The molecule has 0 saturated carbocycles. The highest BCUT2D eigenvalue weighted by Crippen LogP contribution is 2.38. The summed E-state index contributed by atoms with van der Waals surface area (Å²) in [4.78, 5) is 24.5. The standard InChI is InChI=1S/C20H24N2O5S/c1-25-15-8-12(9-16(26-2)20(15)27-3)10-18(24)21-14-4-5-17(23)22-19(14)13-6-7-28-11-13/h6-9,11,14,19H,4-5,10H2,1-3H3,(H,21,24)(H,22,23)/t14-,19+/m1/s1. The van der Waals surface area contributed by atoms with Gasteiger partial charge in [0, 0.05) is 6.42 Å². The van der Waals surface area contributed by atoms with Crippen LogP contribution in [0.4, 0.5) is 0 Å². The van der Waals surface area contributed by atoms with Crippen LogP contribution in [0, 0.1) is 0 Å². The Balaban J connectivity index is 1.73. The average Bonchev–Trinajstić information content (AvgIpc) is 3.23. The number of hydrogen-bond acceptors (Lipinski definition) is 6. The highest BCUT2D eigenvalue weighted by atomic mass is 32.1. The molecule has 0 bridgehead atoms. The van der Waals surface area contributed by atoms with E-state index in [4.69, 9.17) is 14.2 Å². The lowest BCUT2D eigenvalue weighted by atomic mass is 9.93. The fourth-order valence-corrected chi connectivity index (χ4v) is 4.10. The lowest BCUT2D eigenvalue weighted by molar-refractivity contribution is -0.126. The third-order valence-electron chi connectivity index (χ3n) is 4.74. The first kappa shape index (κ1) is 20.0. The fourth-order valence-electron chi connectivity index (χ4n) is 3.40. The van der Waals surface area contributed by atoms with Gasteiger partial charge in [0.15, 0.2) is 11.5 Å². The van der Waals surface area contributed by atoms with Crippen LogP contribution >= 0.6 is 11.3 Å². The zero-order valence-corrected chi connectivity index (χ0v) is 16.9. The van der Waals surface area contributed by atoms with E-state index in [1.807, 2.05) is 16.8 Å². The highest BCUT2D eigenvalue weighted by molar-refractivity contribution is 7.08. The molecule has 2 aromatic rings. The van der Waals surface area contributed by atoms with Crippen molar-refractivity contribution >= 4 is 23.2 Å². The Labute approximate surface area is 168 Å². The maximum Gasteiger partial charge on any atom is 0.224 e. The van der Waals surface area contributed by atoms with Gasteiger partial charge in [-0.1, -0.05) is 0 Å². The molecule has 1 aliphatic rings. The van der Waals surface area contributed by atoms with Crippen LogP contribution in [-0.2, 0) is 16.0 Å². The molecule has 3 rings (SSSR count). The molecule has 7 nitrogen and oxygen atoms in total. The number of methoxy groups -OCH3 is 3. The average molecular weight is 404 g/mol. The second-order valence-electron chi connectivity index (χ2n) is 6.52. The third-order valence-corrected chi connectivity index (χ3v) is 5.44. The van der Waals surface area contributed by atoms with Gasteiger partial charge in [0.2, 0.25) is 17.6 Å². The van der Waals surface area contributed by atoms with E-state index in [0.717, 1.165) is 11.1 Å². The Morgan fingerprint density at radius 2 is 1.93 bits per heavy atom. The zero-order valence-electron chi connectivity index (χ0n) is 16.1. The van der Waals surface area contributed by atoms with Crippen LogP contribution in [0.1, 0.15) is 30.0 Å². The first-order valence-electron chi connectivity index (χ1n) is 8.95. The molecule has 1 aromatic heterocycles. The molecule has 0 spiro atoms. The van der Waals surface area contributed by atoms with Crippen LogP contribution in [0.2, 0.25) is 0 Å². The van der Waals surface area contributed by atoms with Gasteiger partial charge >= 0.3 is 0 Å². The molecule has 1 aliphatic heterocycles. The molecule has 1 aromatic carbocycles. The van der Waals surface area contributed by atoms with Crippen LogP contribution < -0.4 is 24.8 Å². The Morgan fingerprint density at radius 3 is 2.50 bits per heavy atom. The lowest BCUT2D eigenvalue weighted by Crippen LogP contribution is -2.50. The molecule has 150 valence electrons. The van der Waals surface area contributed by atoms with Gasteiger partial charge in [0.1, 0.15) is 0 Å². The maximum atomic E-state index is 12.7. The number of carbonyl (C=O) groups excluding carboxylic acids is 2. The molecule has 2 N–H and O–H groups in total. The van der Waals surface area contributed by atoms with Crippen LogP contribution in [0.15, 0.2) is 29.0 Å². The monoisotopic (exact) mass is 404 g/mol. The predicted octanol–water partition coefficient (Wildman–Crippen LogP) is 2.45. The lowest BCUT2D eigenvalue weighted by Gasteiger charge is -2.32. The van der Waals surface area contributed by atoms with E-state index in [1.165, 1.54) is 21.3 Å². The van der Waals surface area contributed by atoms with Crippen molar-refractivity contribution in [3.8, 4) is 17.2 Å². The molecule has 2 heterocycles. The largest absolute Gasteiger partial charge is 0.493 e. The normalized spacial score (nSPS) is 18.9. The summed E-state index contributed by atoms with van der Waals surface area (Å²) < 4.78 is 16.0. The first-order chi connectivity index (χ1) is 13.5. The van der Waals surface area contributed by atoms with Gasteiger partial charge in [-0.2, -0.15) is 11.3 Å². The van der Waals surface area contributed by atoms with Crippen LogP contribution in [0.25, 0.3) is 0 Å². The van der Waals surface area contributed by atoms with Gasteiger partial charge in [-0.3, -0.25) is 9.59 Å². The number of rotatable bonds is 7. The van der Waals surface area contributed by atoms with Crippen LogP contribution in [0.3, 0.4) is 0 Å². The quantitative estimate of drug-likeness (QED) is 0.740. The summed E-state index contributed by atoms with van der Waals surface area (Å²) in [5.41, 5.74) is 1.76. The van der Waals surface area contributed by atoms with Crippen molar-refractivity contribution in [2.24, 2.45) is 0 Å².